The van der Waals surface area contributed by atoms with E-state index in [0.29, 0.717) is 0 Å². The van der Waals surface area contributed by atoms with Crippen LogP contribution in [0.25, 0.3) is 0 Å². The predicted octanol–water partition coefficient (Wildman–Crippen LogP) is 2.87. The van der Waals surface area contributed by atoms with E-state index < -0.39 is 14.4 Å². The normalized spacial score (nSPS) is 10.8. The molecule has 0 unspecified atom stereocenters. The molecule has 0 rings (SSSR count). The highest BCUT2D eigenvalue weighted by Gasteiger charge is 2.19. The van der Waals surface area contributed by atoms with Gasteiger partial charge >= 0.3 is 14.4 Å². The fourth-order valence-electron chi connectivity index (χ4n) is 2.11. The molecule has 0 radical (unpaired) electrons. The summed E-state index contributed by atoms with van der Waals surface area (Å²) < 4.78 is 2.28. The molecule has 168 valence electrons. The van der Waals surface area contributed by atoms with E-state index in [-0.39, 0.29) is 21.6 Å². The van der Waals surface area contributed by atoms with Gasteiger partial charge in [-0.15, -0.1) is 17.4 Å². The molecule has 0 aliphatic heterocycles. The van der Waals surface area contributed by atoms with Crippen LogP contribution in [-0.2, 0) is 0 Å². The monoisotopic (exact) mass is 432 g/mol. The van der Waals surface area contributed by atoms with Gasteiger partial charge in [0.05, 0.1) is 0 Å². The fourth-order valence-corrected chi connectivity index (χ4v) is 3.83. The van der Waals surface area contributed by atoms with Gasteiger partial charge in [-0.2, -0.15) is 10.2 Å². The van der Waals surface area contributed by atoms with Gasteiger partial charge in [-0.25, -0.2) is 10.0 Å². The van der Waals surface area contributed by atoms with Crippen molar-refractivity contribution in [2.45, 2.75) is 50.2 Å². The molecular formula is C18H50Al2N8. The van der Waals surface area contributed by atoms with Gasteiger partial charge in [0, 0.05) is 56.4 Å². The first-order chi connectivity index (χ1) is 12.1. The predicted molar refractivity (Wildman–Crippen MR) is 133 cm³/mol. The Bertz CT molecular complexity index is 398. The largest absolute Gasteiger partial charge is 0.429 e. The standard InChI is InChI=1S/C6H16N4.C6H15N4.CH4.5CH3.2Al/c2*1-6(7-9(2)3)8-10(4)5;;;;;;;;/h1-5H3,(H,7,8);1-5H3;1H4;5*1H3;;/q;-1;;;;;;;;+1. The zero-order valence-electron chi connectivity index (χ0n) is 20.8. The fraction of sp³-hybridized carbons (Fsp3) is 0.889. The second kappa shape index (κ2) is 19.8. The van der Waals surface area contributed by atoms with Crippen molar-refractivity contribution in [1.82, 2.24) is 29.5 Å². The van der Waals surface area contributed by atoms with Gasteiger partial charge in [-0.1, -0.05) is 19.0 Å². The lowest BCUT2D eigenvalue weighted by atomic mass is 10.7. The second-order valence-corrected chi connectivity index (χ2v) is 14.2. The SMILES string of the molecule is C.C/C(=N/N(C)C)[N](N(C)C)[Al]([CH3])[CH3].C/C(=N\N(C)C)NN(C)C.[CH3][Al]([CH3])[CH3]. The van der Waals surface area contributed by atoms with Crippen LogP contribution in [0.4, 0.5) is 0 Å². The Labute approximate surface area is 186 Å². The van der Waals surface area contributed by atoms with Crippen LogP contribution in [0.2, 0.25) is 28.9 Å². The molecule has 10 heteroatoms. The summed E-state index contributed by atoms with van der Waals surface area (Å²) in [5.41, 5.74) is 3.02. The first-order valence-corrected chi connectivity index (χ1v) is 15.8. The average molecular weight is 433 g/mol. The molecule has 0 saturated heterocycles. The van der Waals surface area contributed by atoms with Gasteiger partial charge in [0.2, 0.25) is 0 Å². The molecule has 0 aliphatic rings. The smallest absolute Gasteiger partial charge is 0.387 e. The number of hydrazine groups is 2. The minimum Gasteiger partial charge on any atom is -0.387 e. The summed E-state index contributed by atoms with van der Waals surface area (Å²) in [7, 11) is 15.6. The van der Waals surface area contributed by atoms with E-state index in [2.05, 4.69) is 67.7 Å². The summed E-state index contributed by atoms with van der Waals surface area (Å²) >= 11 is -0.997. The topological polar surface area (TPSA) is 53.0 Å². The van der Waals surface area contributed by atoms with Crippen molar-refractivity contribution >= 4 is 40.2 Å². The lowest BCUT2D eigenvalue weighted by Crippen LogP contribution is -2.48. The van der Waals surface area contributed by atoms with E-state index in [1.165, 1.54) is 0 Å². The maximum absolute atomic E-state index is 4.39. The number of rotatable bonds is 5. The van der Waals surface area contributed by atoms with E-state index >= 15 is 0 Å². The van der Waals surface area contributed by atoms with E-state index in [4.69, 9.17) is 0 Å². The number of amidine groups is 2. The van der Waals surface area contributed by atoms with E-state index in [0.717, 1.165) is 11.7 Å². The van der Waals surface area contributed by atoms with Crippen LogP contribution < -0.4 is 5.43 Å². The molecule has 0 aromatic carbocycles. The summed E-state index contributed by atoms with van der Waals surface area (Å²) in [6.45, 7) is 3.97. The van der Waals surface area contributed by atoms with Crippen molar-refractivity contribution in [1.29, 1.82) is 0 Å². The van der Waals surface area contributed by atoms with E-state index in [1.807, 2.05) is 66.2 Å². The van der Waals surface area contributed by atoms with Crippen molar-refractivity contribution < 1.29 is 0 Å². The van der Waals surface area contributed by atoms with Crippen molar-refractivity contribution in [2.75, 3.05) is 56.4 Å². The van der Waals surface area contributed by atoms with Crippen molar-refractivity contribution in [3.05, 3.63) is 0 Å². The van der Waals surface area contributed by atoms with Crippen LogP contribution in [0.5, 0.6) is 0 Å². The molecule has 0 aliphatic carbocycles. The molecule has 0 amide bonds. The maximum Gasteiger partial charge on any atom is 0.429 e. The summed E-state index contributed by atoms with van der Waals surface area (Å²) in [6, 6.07) is 0. The van der Waals surface area contributed by atoms with Gasteiger partial charge in [-0.05, 0) is 13.8 Å². The minimum absolute atomic E-state index is 0. The van der Waals surface area contributed by atoms with E-state index in [1.54, 1.807) is 5.01 Å². The summed E-state index contributed by atoms with van der Waals surface area (Å²) in [6.07, 6.45) is 0. The molecule has 0 aromatic heterocycles. The van der Waals surface area contributed by atoms with Crippen LogP contribution in [-0.4, -0.2) is 121 Å². The van der Waals surface area contributed by atoms with Crippen molar-refractivity contribution in [3.8, 4) is 0 Å². The van der Waals surface area contributed by atoms with Crippen LogP contribution in [0, 0.1) is 0 Å². The zero-order chi connectivity index (χ0) is 22.3. The van der Waals surface area contributed by atoms with Crippen LogP contribution in [0.1, 0.15) is 21.3 Å². The van der Waals surface area contributed by atoms with Gasteiger partial charge < -0.3 is 19.4 Å². The third-order valence-corrected chi connectivity index (χ3v) is 4.15. The second-order valence-electron chi connectivity index (χ2n) is 8.05. The lowest BCUT2D eigenvalue weighted by molar-refractivity contribution is 0.202. The Kier molecular flexibility index (Phi) is 24.8. The Hall–Kier alpha value is -0.475. The quantitative estimate of drug-likeness (QED) is 0.312. The molecule has 0 spiro atoms. The molecule has 1 N–H and O–H groups in total. The number of hydrogen-bond acceptors (Lipinski definition) is 6. The zero-order valence-corrected chi connectivity index (χ0v) is 23.1. The molecule has 0 aromatic rings. The van der Waals surface area contributed by atoms with Crippen LogP contribution in [0.15, 0.2) is 10.2 Å². The Morgan fingerprint density at radius 2 is 1.07 bits per heavy atom. The summed E-state index contributed by atoms with van der Waals surface area (Å²) in [5, 5.41) is 16.1. The van der Waals surface area contributed by atoms with Gasteiger partial charge in [0.15, 0.2) is 0 Å². The Morgan fingerprint density at radius 1 is 0.714 bits per heavy atom. The van der Waals surface area contributed by atoms with Crippen molar-refractivity contribution in [3.63, 3.8) is 0 Å². The van der Waals surface area contributed by atoms with Crippen LogP contribution in [0.3, 0.4) is 0 Å². The summed E-state index contributed by atoms with van der Waals surface area (Å²) in [5.74, 6) is 13.4. The number of hydrazone groups is 2. The Balaban J connectivity index is -0.000000171. The Morgan fingerprint density at radius 3 is 1.29 bits per heavy atom. The molecule has 0 atom stereocenters. The minimum atomic E-state index is -0.858. The van der Waals surface area contributed by atoms with Gasteiger partial charge in [0.1, 0.15) is 11.7 Å². The molecule has 8 nitrogen and oxygen atoms in total. The highest BCUT2D eigenvalue weighted by molar-refractivity contribution is 6.55. The van der Waals surface area contributed by atoms with Crippen molar-refractivity contribution in [2.24, 2.45) is 10.2 Å². The van der Waals surface area contributed by atoms with Crippen LogP contribution >= 0.6 is 0 Å². The molecule has 0 saturated carbocycles. The molecular weight excluding hydrogens is 382 g/mol. The molecule has 28 heavy (non-hydrogen) atoms. The average Bonchev–Trinajstić information content (AvgIpc) is 2.33. The van der Waals surface area contributed by atoms with Gasteiger partial charge in [-0.3, -0.25) is 0 Å². The third-order valence-electron chi connectivity index (χ3n) is 2.33. The first-order valence-electron chi connectivity index (χ1n) is 9.47. The van der Waals surface area contributed by atoms with E-state index in [9.17, 15) is 0 Å². The number of hydrogen-bond donors (Lipinski definition) is 1. The molecule has 0 bridgehead atoms. The van der Waals surface area contributed by atoms with Gasteiger partial charge in [0.25, 0.3) is 14.1 Å². The lowest BCUT2D eigenvalue weighted by Gasteiger charge is -2.34. The first kappa shape index (κ1) is 35.0. The maximum atomic E-state index is 4.39. The molecule has 0 fully saturated rings. The molecule has 0 heterocycles. The highest BCUT2D eigenvalue weighted by Crippen LogP contribution is 2.00. The third kappa shape index (κ3) is 27.7. The number of nitrogens with one attached hydrogen (secondary N) is 1. The highest BCUT2D eigenvalue weighted by atomic mass is 27.2. The summed E-state index contributed by atoms with van der Waals surface area (Å²) in [4.78, 5) is 0. The number of nitrogens with zero attached hydrogens (tertiary/aromatic N) is 7.